The minimum absolute atomic E-state index is 0.533. The van der Waals surface area contributed by atoms with Gasteiger partial charge >= 0.3 is 0 Å². The molecule has 0 saturated heterocycles. The van der Waals surface area contributed by atoms with E-state index in [0.717, 1.165) is 6.54 Å². The van der Waals surface area contributed by atoms with Crippen LogP contribution < -0.4 is 5.32 Å². The van der Waals surface area contributed by atoms with Crippen molar-refractivity contribution in [3.05, 3.63) is 60.2 Å². The smallest absolute Gasteiger partial charge is 0.0413 e. The van der Waals surface area contributed by atoms with Crippen LogP contribution in [0.2, 0.25) is 0 Å². The van der Waals surface area contributed by atoms with Crippen LogP contribution in [0.1, 0.15) is 5.56 Å². The summed E-state index contributed by atoms with van der Waals surface area (Å²) in [6.07, 6.45) is 13.4. The Hall–Kier alpha value is -1.76. The molecule has 2 atom stereocenters. The monoisotopic (exact) mass is 209 g/mol. The summed E-state index contributed by atoms with van der Waals surface area (Å²) < 4.78 is 0. The second-order valence-electron chi connectivity index (χ2n) is 4.34. The van der Waals surface area contributed by atoms with Crippen molar-refractivity contribution in [3.63, 3.8) is 0 Å². The summed E-state index contributed by atoms with van der Waals surface area (Å²) in [4.78, 5) is 0. The second-order valence-corrected chi connectivity index (χ2v) is 4.34. The Morgan fingerprint density at radius 3 is 2.88 bits per heavy atom. The van der Waals surface area contributed by atoms with E-state index in [-0.39, 0.29) is 0 Å². The highest BCUT2D eigenvalue weighted by atomic mass is 14.9. The minimum atomic E-state index is 0.533. The van der Waals surface area contributed by atoms with Crippen LogP contribution in [0.5, 0.6) is 0 Å². The van der Waals surface area contributed by atoms with Gasteiger partial charge in [-0.1, -0.05) is 54.7 Å². The van der Waals surface area contributed by atoms with Crippen molar-refractivity contribution in [1.82, 2.24) is 0 Å². The van der Waals surface area contributed by atoms with Gasteiger partial charge in [0.1, 0.15) is 0 Å². The third kappa shape index (κ3) is 1.69. The van der Waals surface area contributed by atoms with Crippen molar-refractivity contribution < 1.29 is 0 Å². The number of hydrogen-bond acceptors (Lipinski definition) is 1. The van der Waals surface area contributed by atoms with Crippen molar-refractivity contribution in [2.75, 3.05) is 11.9 Å². The number of para-hydroxylation sites is 1. The minimum Gasteiger partial charge on any atom is -0.384 e. The zero-order valence-corrected chi connectivity index (χ0v) is 9.14. The summed E-state index contributed by atoms with van der Waals surface area (Å²) in [7, 11) is 0. The lowest BCUT2D eigenvalue weighted by Crippen LogP contribution is -2.21. The van der Waals surface area contributed by atoms with E-state index < -0.39 is 0 Å². The van der Waals surface area contributed by atoms with E-state index in [1.54, 1.807) is 0 Å². The summed E-state index contributed by atoms with van der Waals surface area (Å²) in [6.45, 7) is 1.01. The Kier molecular flexibility index (Phi) is 2.37. The summed E-state index contributed by atoms with van der Waals surface area (Å²) in [6, 6.07) is 8.46. The van der Waals surface area contributed by atoms with Gasteiger partial charge in [-0.3, -0.25) is 0 Å². The zero-order chi connectivity index (χ0) is 10.8. The van der Waals surface area contributed by atoms with Crippen molar-refractivity contribution in [1.29, 1.82) is 0 Å². The topological polar surface area (TPSA) is 12.0 Å². The van der Waals surface area contributed by atoms with Crippen LogP contribution in [0.25, 0.3) is 6.08 Å². The van der Waals surface area contributed by atoms with E-state index in [1.165, 1.54) is 11.3 Å². The van der Waals surface area contributed by atoms with Crippen molar-refractivity contribution in [2.45, 2.75) is 0 Å². The molecule has 3 rings (SSSR count). The first-order valence-corrected chi connectivity index (χ1v) is 5.79. The molecule has 80 valence electrons. The van der Waals surface area contributed by atoms with Crippen LogP contribution in [0.15, 0.2) is 54.6 Å². The third-order valence-corrected chi connectivity index (χ3v) is 3.28. The maximum atomic E-state index is 3.53. The van der Waals surface area contributed by atoms with Crippen LogP contribution in [-0.4, -0.2) is 6.54 Å². The number of allylic oxidation sites excluding steroid dienone is 4. The average Bonchev–Trinajstić information content (AvgIpc) is 2.32. The fourth-order valence-corrected chi connectivity index (χ4v) is 2.33. The molecule has 1 aliphatic heterocycles. The van der Waals surface area contributed by atoms with Gasteiger partial charge in [0.2, 0.25) is 0 Å². The molecule has 1 N–H and O–H groups in total. The van der Waals surface area contributed by atoms with Gasteiger partial charge in [-0.25, -0.2) is 0 Å². The maximum absolute atomic E-state index is 3.53. The third-order valence-electron chi connectivity index (χ3n) is 3.28. The Balaban J connectivity index is 1.97. The Morgan fingerprint density at radius 1 is 1.00 bits per heavy atom. The molecule has 0 radical (unpaired) electrons. The fourth-order valence-electron chi connectivity index (χ4n) is 2.33. The largest absolute Gasteiger partial charge is 0.384 e. The van der Waals surface area contributed by atoms with Gasteiger partial charge < -0.3 is 5.32 Å². The molecular formula is C15H15N. The lowest BCUT2D eigenvalue weighted by molar-refractivity contribution is 0.578. The Bertz CT molecular complexity index is 468. The molecule has 0 saturated carbocycles. The molecule has 0 amide bonds. The lowest BCUT2D eigenvalue weighted by Gasteiger charge is -2.25. The molecule has 0 bridgehead atoms. The highest BCUT2D eigenvalue weighted by Crippen LogP contribution is 2.27. The standard InChI is InChI=1S/C15H15N/c1-2-7-14-11-16-15-8-4-3-6-13(15)10-9-12(14)5-1/h1-10,12,14,16H,11H2/b10-9-. The molecule has 1 heteroatoms. The van der Waals surface area contributed by atoms with Gasteiger partial charge in [-0.15, -0.1) is 0 Å². The van der Waals surface area contributed by atoms with Gasteiger partial charge in [-0.2, -0.15) is 0 Å². The van der Waals surface area contributed by atoms with Crippen LogP contribution in [-0.2, 0) is 0 Å². The van der Waals surface area contributed by atoms with Crippen molar-refractivity contribution in [3.8, 4) is 0 Å². The van der Waals surface area contributed by atoms with Crippen LogP contribution in [0.4, 0.5) is 5.69 Å². The molecule has 16 heavy (non-hydrogen) atoms. The number of rotatable bonds is 0. The summed E-state index contributed by atoms with van der Waals surface area (Å²) >= 11 is 0. The summed E-state index contributed by atoms with van der Waals surface area (Å²) in [5.41, 5.74) is 2.52. The lowest BCUT2D eigenvalue weighted by atomic mass is 9.86. The van der Waals surface area contributed by atoms with Gasteiger partial charge in [-0.05, 0) is 11.6 Å². The molecule has 1 aromatic rings. The first kappa shape index (κ1) is 9.46. The van der Waals surface area contributed by atoms with Gasteiger partial charge in [0.15, 0.2) is 0 Å². The molecule has 1 aliphatic carbocycles. The number of benzene rings is 1. The van der Waals surface area contributed by atoms with Crippen LogP contribution in [0.3, 0.4) is 0 Å². The Morgan fingerprint density at radius 2 is 1.88 bits per heavy atom. The van der Waals surface area contributed by atoms with Gasteiger partial charge in [0, 0.05) is 24.1 Å². The molecule has 1 heterocycles. The molecular weight excluding hydrogens is 194 g/mol. The molecule has 1 nitrogen and oxygen atoms in total. The van der Waals surface area contributed by atoms with E-state index in [4.69, 9.17) is 0 Å². The number of fused-ring (bicyclic) bond motifs is 2. The predicted molar refractivity (Wildman–Crippen MR) is 69.2 cm³/mol. The van der Waals surface area contributed by atoms with Gasteiger partial charge in [0.05, 0.1) is 0 Å². The van der Waals surface area contributed by atoms with E-state index in [2.05, 4.69) is 66.0 Å². The highest BCUT2D eigenvalue weighted by Gasteiger charge is 2.17. The van der Waals surface area contributed by atoms with Crippen LogP contribution >= 0.6 is 0 Å². The molecule has 1 aromatic carbocycles. The highest BCUT2D eigenvalue weighted by molar-refractivity contribution is 5.67. The first-order chi connectivity index (χ1) is 7.93. The van der Waals surface area contributed by atoms with Gasteiger partial charge in [0.25, 0.3) is 0 Å². The second kappa shape index (κ2) is 4.01. The van der Waals surface area contributed by atoms with Crippen LogP contribution in [0, 0.1) is 11.8 Å². The van der Waals surface area contributed by atoms with Crippen molar-refractivity contribution in [2.24, 2.45) is 11.8 Å². The molecule has 2 unspecified atom stereocenters. The van der Waals surface area contributed by atoms with E-state index in [1.807, 2.05) is 0 Å². The number of hydrogen-bond donors (Lipinski definition) is 1. The summed E-state index contributed by atoms with van der Waals surface area (Å²) in [5.74, 6) is 1.11. The average molecular weight is 209 g/mol. The van der Waals surface area contributed by atoms with E-state index >= 15 is 0 Å². The van der Waals surface area contributed by atoms with Crippen molar-refractivity contribution >= 4 is 11.8 Å². The molecule has 0 aromatic heterocycles. The normalized spacial score (nSPS) is 28.2. The quantitative estimate of drug-likeness (QED) is 0.689. The predicted octanol–water partition coefficient (Wildman–Crippen LogP) is 3.48. The molecule has 2 aliphatic rings. The number of nitrogens with one attached hydrogen (secondary N) is 1. The SMILES string of the molecule is C1=CC2/C=C\c3ccccc3NCC2C=C1. The van der Waals surface area contributed by atoms with E-state index in [0.29, 0.717) is 11.8 Å². The summed E-state index contributed by atoms with van der Waals surface area (Å²) in [5, 5.41) is 3.53. The molecule has 0 fully saturated rings. The zero-order valence-electron chi connectivity index (χ0n) is 9.14. The Labute approximate surface area is 96.2 Å². The fraction of sp³-hybridized carbons (Fsp3) is 0.200. The van der Waals surface area contributed by atoms with E-state index in [9.17, 15) is 0 Å². The first-order valence-electron chi connectivity index (χ1n) is 5.79. The molecule has 0 spiro atoms. The maximum Gasteiger partial charge on any atom is 0.0413 e. The number of anilines is 1.